The molecule has 0 spiro atoms. The largest absolute Gasteiger partial charge is 1.00 e. The Kier molecular flexibility index (Phi) is 5.28. The Morgan fingerprint density at radius 2 is 2.12 bits per heavy atom. The van der Waals surface area contributed by atoms with Gasteiger partial charge in [0.2, 0.25) is 5.91 Å². The van der Waals surface area contributed by atoms with Gasteiger partial charge < -0.3 is 37.9 Å². The summed E-state index contributed by atoms with van der Waals surface area (Å²) in [5.74, 6) is -1.07. The van der Waals surface area contributed by atoms with Crippen LogP contribution in [0.2, 0.25) is 0 Å². The fraction of sp³-hybridized carbons (Fsp3) is 0.273. The number of amides is 1. The second-order valence-electron chi connectivity index (χ2n) is 7.72. The number of aromatic nitrogens is 2. The van der Waals surface area contributed by atoms with Crippen LogP contribution in [-0.2, 0) is 33.1 Å². The third-order valence-corrected chi connectivity index (χ3v) is 6.01. The first-order valence-electron chi connectivity index (χ1n) is 9.97. The van der Waals surface area contributed by atoms with E-state index in [1.807, 2.05) is 12.1 Å². The average molecular weight is 456 g/mol. The molecule has 2 aliphatic heterocycles. The lowest BCUT2D eigenvalue weighted by Crippen LogP contribution is -3.00. The highest BCUT2D eigenvalue weighted by Gasteiger charge is 2.45. The van der Waals surface area contributed by atoms with E-state index in [4.69, 9.17) is 15.5 Å². The molecule has 0 fully saturated rings. The lowest BCUT2D eigenvalue weighted by Gasteiger charge is -2.31. The summed E-state index contributed by atoms with van der Waals surface area (Å²) in [6, 6.07) is 8.91. The number of carbonyl (C=O) groups is 2. The van der Waals surface area contributed by atoms with Crippen LogP contribution >= 0.6 is 0 Å². The fourth-order valence-electron chi connectivity index (χ4n) is 4.31. The maximum atomic E-state index is 13.2. The van der Waals surface area contributed by atoms with E-state index in [0.717, 1.165) is 10.9 Å². The Labute approximate surface area is 188 Å². The summed E-state index contributed by atoms with van der Waals surface area (Å²) in [4.78, 5) is 42.0. The monoisotopic (exact) mass is 455 g/mol. The van der Waals surface area contributed by atoms with Crippen LogP contribution in [-0.4, -0.2) is 33.1 Å². The van der Waals surface area contributed by atoms with Gasteiger partial charge in [-0.2, -0.15) is 0 Å². The predicted molar refractivity (Wildman–Crippen MR) is 112 cm³/mol. The second kappa shape index (κ2) is 7.70. The van der Waals surface area contributed by atoms with Crippen molar-refractivity contribution in [3.8, 4) is 11.4 Å². The maximum absolute atomic E-state index is 13.2. The average Bonchev–Trinajstić information content (AvgIpc) is 3.13. The molecule has 0 radical (unpaired) electrons. The molecule has 1 amide bonds. The molecule has 10 heteroatoms. The van der Waals surface area contributed by atoms with Crippen LogP contribution in [0.1, 0.15) is 30.0 Å². The Balaban J connectivity index is 0.00000245. The Bertz CT molecular complexity index is 1350. The number of hydrogen-bond donors (Lipinski definition) is 3. The molecule has 0 bridgehead atoms. The van der Waals surface area contributed by atoms with Crippen LogP contribution in [0.3, 0.4) is 0 Å². The van der Waals surface area contributed by atoms with Crippen molar-refractivity contribution in [2.75, 3.05) is 11.9 Å². The van der Waals surface area contributed by atoms with Crippen molar-refractivity contribution in [2.45, 2.75) is 32.1 Å². The highest BCUT2D eigenvalue weighted by Crippen LogP contribution is 2.39. The van der Waals surface area contributed by atoms with Crippen LogP contribution in [0.5, 0.6) is 0 Å². The fourth-order valence-corrected chi connectivity index (χ4v) is 4.31. The highest BCUT2D eigenvalue weighted by atomic mass is 35.5. The van der Waals surface area contributed by atoms with Gasteiger partial charge in [-0.05, 0) is 30.7 Å². The first-order valence-corrected chi connectivity index (χ1v) is 9.97. The molecule has 0 aliphatic carbocycles. The zero-order valence-electron chi connectivity index (χ0n) is 17.1. The van der Waals surface area contributed by atoms with E-state index in [2.05, 4.69) is 5.32 Å². The van der Waals surface area contributed by atoms with Gasteiger partial charge in [-0.3, -0.25) is 9.59 Å². The number of benzene rings is 1. The van der Waals surface area contributed by atoms with E-state index in [-0.39, 0.29) is 61.1 Å². The van der Waals surface area contributed by atoms with Crippen LogP contribution < -0.4 is 29.0 Å². The molecule has 0 saturated heterocycles. The van der Waals surface area contributed by atoms with Crippen molar-refractivity contribution in [3.05, 3.63) is 57.4 Å². The molecule has 0 saturated carbocycles. The number of nitrogens with one attached hydrogen (secondary N) is 1. The zero-order chi connectivity index (χ0) is 21.9. The van der Waals surface area contributed by atoms with Crippen LogP contribution in [0.4, 0.5) is 5.69 Å². The number of ether oxygens (including phenoxy) is 1. The molecule has 4 heterocycles. The third kappa shape index (κ3) is 3.01. The predicted octanol–water partition coefficient (Wildman–Crippen LogP) is -2.02. The molecular weight excluding hydrogens is 436 g/mol. The number of fused-ring (bicyclic) bond motifs is 5. The van der Waals surface area contributed by atoms with Gasteiger partial charge in [0, 0.05) is 16.5 Å². The summed E-state index contributed by atoms with van der Waals surface area (Å²) in [6.45, 7) is 1.65. The van der Waals surface area contributed by atoms with Crippen molar-refractivity contribution < 1.29 is 31.8 Å². The van der Waals surface area contributed by atoms with Crippen LogP contribution in [0.15, 0.2) is 35.1 Å². The van der Waals surface area contributed by atoms with E-state index in [0.29, 0.717) is 22.6 Å². The maximum Gasteiger partial charge on any atom is 0.343 e. The van der Waals surface area contributed by atoms with Gasteiger partial charge in [0.25, 0.3) is 5.56 Å². The molecule has 32 heavy (non-hydrogen) atoms. The van der Waals surface area contributed by atoms with E-state index >= 15 is 0 Å². The summed E-state index contributed by atoms with van der Waals surface area (Å²) in [5.41, 5.74) is 6.96. The number of nitrogens with zero attached hydrogens (tertiary/aromatic N) is 2. The van der Waals surface area contributed by atoms with Gasteiger partial charge >= 0.3 is 5.97 Å². The van der Waals surface area contributed by atoms with E-state index in [1.54, 1.807) is 29.7 Å². The summed E-state index contributed by atoms with van der Waals surface area (Å²) < 4.78 is 6.66. The second-order valence-corrected chi connectivity index (χ2v) is 7.72. The van der Waals surface area contributed by atoms with Crippen LogP contribution in [0, 0.1) is 0 Å². The van der Waals surface area contributed by atoms with E-state index in [9.17, 15) is 19.5 Å². The lowest BCUT2D eigenvalue weighted by molar-refractivity contribution is -0.172. The van der Waals surface area contributed by atoms with Gasteiger partial charge in [0.1, 0.15) is 6.61 Å². The summed E-state index contributed by atoms with van der Waals surface area (Å²) in [5, 5.41) is 14.4. The van der Waals surface area contributed by atoms with E-state index in [1.165, 1.54) is 0 Å². The van der Waals surface area contributed by atoms with Crippen molar-refractivity contribution in [1.29, 1.82) is 0 Å². The number of esters is 1. The number of pyridine rings is 2. The highest BCUT2D eigenvalue weighted by molar-refractivity contribution is 6.02. The molecule has 1 aromatic carbocycles. The minimum absolute atomic E-state index is 0. The lowest BCUT2D eigenvalue weighted by atomic mass is 9.86. The van der Waals surface area contributed by atoms with Gasteiger partial charge in [-0.25, -0.2) is 9.78 Å². The summed E-state index contributed by atoms with van der Waals surface area (Å²) in [6.07, 6.45) is 0.0872. The molecule has 3 aromatic rings. The summed E-state index contributed by atoms with van der Waals surface area (Å²) in [7, 11) is 0. The Hall–Kier alpha value is -3.27. The number of rotatable bonds is 3. The molecule has 166 valence electrons. The smallest absolute Gasteiger partial charge is 0.343 e. The van der Waals surface area contributed by atoms with Crippen molar-refractivity contribution in [1.82, 2.24) is 9.55 Å². The van der Waals surface area contributed by atoms with Gasteiger partial charge in [-0.1, -0.05) is 13.0 Å². The molecule has 5 rings (SSSR count). The number of aliphatic hydroxyl groups is 1. The Morgan fingerprint density at radius 1 is 1.34 bits per heavy atom. The standard InChI is InChI=1S/C22H20N4O5.ClH/c1-2-22(30)14-7-17-19-11(9-26(17)20(28)13(14)10-31-21(22)29)6-12-15(24-18(27)8-23)4-3-5-16(12)25-19;/h3-7,30H,2,8-10,23H2,1H3,(H,24,27);1H/p-1/t22-;/m0./s1. The molecule has 1 atom stereocenters. The van der Waals surface area contributed by atoms with Gasteiger partial charge in [0.15, 0.2) is 5.60 Å². The van der Waals surface area contributed by atoms with Crippen LogP contribution in [0.25, 0.3) is 22.3 Å². The number of cyclic esters (lactones) is 1. The quantitative estimate of drug-likeness (QED) is 0.303. The third-order valence-electron chi connectivity index (χ3n) is 6.01. The topological polar surface area (TPSA) is 137 Å². The SMILES string of the molecule is CC[C@@]1(O)C(=O)OCc2c1cc1n(c2=O)Cc2cc3c(NC(=O)CN)cccc3nc2-1.[Cl-]. The molecular formula is C22H20ClN4O5-. The van der Waals surface area contributed by atoms with E-state index < -0.39 is 11.6 Å². The van der Waals surface area contributed by atoms with Gasteiger partial charge in [-0.15, -0.1) is 0 Å². The molecule has 4 N–H and O–H groups in total. The number of hydrogen-bond acceptors (Lipinski definition) is 7. The first-order chi connectivity index (χ1) is 14.9. The minimum Gasteiger partial charge on any atom is -1.00 e. The number of halogens is 1. The number of carbonyl (C=O) groups excluding carboxylic acids is 2. The van der Waals surface area contributed by atoms with Gasteiger partial charge in [0.05, 0.1) is 41.2 Å². The molecule has 2 aromatic heterocycles. The first kappa shape index (κ1) is 21.9. The van der Waals surface area contributed by atoms with Crippen molar-refractivity contribution in [2.24, 2.45) is 5.73 Å². The number of nitrogens with two attached hydrogens (primary N) is 1. The number of anilines is 1. The molecule has 0 unspecified atom stereocenters. The molecule has 9 nitrogen and oxygen atoms in total. The molecule has 2 aliphatic rings. The normalized spacial score (nSPS) is 18.3. The Morgan fingerprint density at radius 3 is 2.84 bits per heavy atom. The summed E-state index contributed by atoms with van der Waals surface area (Å²) >= 11 is 0. The van der Waals surface area contributed by atoms with Crippen molar-refractivity contribution >= 4 is 28.5 Å². The minimum atomic E-state index is -1.86. The zero-order valence-corrected chi connectivity index (χ0v) is 17.9. The van der Waals surface area contributed by atoms with Crippen molar-refractivity contribution in [3.63, 3.8) is 0 Å².